The number of benzene rings is 2. The third-order valence-corrected chi connectivity index (χ3v) is 5.06. The minimum atomic E-state index is -0.149. The summed E-state index contributed by atoms with van der Waals surface area (Å²) in [6.45, 7) is 4.72. The van der Waals surface area contributed by atoms with Crippen LogP contribution in [0.2, 0.25) is 0 Å². The molecule has 1 aromatic heterocycles. The molecule has 0 aliphatic carbocycles. The molecule has 150 valence electrons. The fourth-order valence-electron chi connectivity index (χ4n) is 3.42. The zero-order chi connectivity index (χ0) is 20.2. The van der Waals surface area contributed by atoms with Gasteiger partial charge in [0.05, 0.1) is 18.7 Å². The van der Waals surface area contributed by atoms with Crippen molar-refractivity contribution in [1.29, 1.82) is 0 Å². The summed E-state index contributed by atoms with van der Waals surface area (Å²) >= 11 is 0. The number of carbonyl (C=O) groups excluding carboxylic acids is 2. The lowest BCUT2D eigenvalue weighted by Crippen LogP contribution is -2.41. The summed E-state index contributed by atoms with van der Waals surface area (Å²) in [6, 6.07) is 15.5. The molecule has 1 saturated heterocycles. The number of amides is 2. The molecule has 3 aromatic rings. The molecule has 2 aromatic carbocycles. The molecule has 0 saturated carbocycles. The lowest BCUT2D eigenvalue weighted by atomic mass is 10.1. The summed E-state index contributed by atoms with van der Waals surface area (Å²) in [5, 5.41) is 8.18. The Kier molecular flexibility index (Phi) is 5.57. The van der Waals surface area contributed by atoms with Gasteiger partial charge >= 0.3 is 0 Å². The molecular formula is C22H24N4O3. The van der Waals surface area contributed by atoms with Crippen molar-refractivity contribution in [2.45, 2.75) is 20.0 Å². The highest BCUT2D eigenvalue weighted by molar-refractivity contribution is 6.05. The predicted octanol–water partition coefficient (Wildman–Crippen LogP) is 2.13. The fraction of sp³-hybridized carbons (Fsp3) is 0.318. The molecule has 4 rings (SSSR count). The molecule has 2 amide bonds. The number of nitrogens with zero attached hydrogens (tertiary/aromatic N) is 3. The minimum absolute atomic E-state index is 0.0583. The second-order valence-electron chi connectivity index (χ2n) is 7.19. The Balaban J connectivity index is 1.50. The van der Waals surface area contributed by atoms with E-state index >= 15 is 0 Å². The first-order valence-corrected chi connectivity index (χ1v) is 9.76. The van der Waals surface area contributed by atoms with E-state index in [1.807, 2.05) is 55.5 Å². The zero-order valence-corrected chi connectivity index (χ0v) is 16.4. The number of nitrogens with one attached hydrogen (secondary N) is 1. The van der Waals surface area contributed by atoms with Crippen LogP contribution >= 0.6 is 0 Å². The molecule has 1 N–H and O–H groups in total. The van der Waals surface area contributed by atoms with E-state index in [9.17, 15) is 9.59 Å². The van der Waals surface area contributed by atoms with E-state index in [4.69, 9.17) is 4.74 Å². The smallest absolute Gasteiger partial charge is 0.275 e. The van der Waals surface area contributed by atoms with E-state index in [2.05, 4.69) is 10.4 Å². The number of fused-ring (bicyclic) bond motifs is 1. The topological polar surface area (TPSA) is 76.5 Å². The number of aromatic nitrogens is 2. The molecule has 0 spiro atoms. The summed E-state index contributed by atoms with van der Waals surface area (Å²) in [4.78, 5) is 27.2. The molecule has 7 nitrogen and oxygen atoms in total. The van der Waals surface area contributed by atoms with Crippen LogP contribution in [0, 0.1) is 6.92 Å². The number of rotatable bonds is 5. The Morgan fingerprint density at radius 3 is 2.55 bits per heavy atom. The van der Waals surface area contributed by atoms with Gasteiger partial charge in [-0.15, -0.1) is 0 Å². The average molecular weight is 392 g/mol. The Bertz CT molecular complexity index is 1020. The number of ether oxygens (including phenoxy) is 1. The van der Waals surface area contributed by atoms with Crippen LogP contribution < -0.4 is 5.32 Å². The van der Waals surface area contributed by atoms with Gasteiger partial charge in [0.1, 0.15) is 6.54 Å². The van der Waals surface area contributed by atoms with Crippen molar-refractivity contribution in [2.75, 3.05) is 26.3 Å². The molecule has 1 aliphatic rings. The average Bonchev–Trinajstić information content (AvgIpc) is 3.12. The van der Waals surface area contributed by atoms with Crippen LogP contribution in [0.3, 0.4) is 0 Å². The molecule has 0 radical (unpaired) electrons. The van der Waals surface area contributed by atoms with Crippen LogP contribution in [0.4, 0.5) is 0 Å². The summed E-state index contributed by atoms with van der Waals surface area (Å²) in [7, 11) is 0. The van der Waals surface area contributed by atoms with Gasteiger partial charge in [0.2, 0.25) is 5.91 Å². The van der Waals surface area contributed by atoms with Crippen molar-refractivity contribution in [2.24, 2.45) is 0 Å². The highest BCUT2D eigenvalue weighted by Gasteiger charge is 2.24. The highest BCUT2D eigenvalue weighted by Crippen LogP contribution is 2.20. The van der Waals surface area contributed by atoms with Gasteiger partial charge in [-0.25, -0.2) is 0 Å². The molecule has 0 atom stereocenters. The molecule has 0 unspecified atom stereocenters. The van der Waals surface area contributed by atoms with E-state index in [-0.39, 0.29) is 18.4 Å². The van der Waals surface area contributed by atoms with Gasteiger partial charge in [-0.05, 0) is 18.6 Å². The first-order valence-electron chi connectivity index (χ1n) is 9.76. The minimum Gasteiger partial charge on any atom is -0.378 e. The van der Waals surface area contributed by atoms with Gasteiger partial charge in [-0.1, -0.05) is 48.0 Å². The summed E-state index contributed by atoms with van der Waals surface area (Å²) in [5.41, 5.74) is 3.38. The molecule has 0 bridgehead atoms. The maximum absolute atomic E-state index is 12.9. The second kappa shape index (κ2) is 8.45. The van der Waals surface area contributed by atoms with Gasteiger partial charge in [0.15, 0.2) is 5.69 Å². The van der Waals surface area contributed by atoms with Crippen molar-refractivity contribution >= 4 is 22.7 Å². The number of hydrogen-bond acceptors (Lipinski definition) is 4. The first kappa shape index (κ1) is 19.1. The van der Waals surface area contributed by atoms with Gasteiger partial charge in [0, 0.05) is 25.0 Å². The van der Waals surface area contributed by atoms with Crippen LogP contribution in [-0.4, -0.2) is 52.8 Å². The fourth-order valence-corrected chi connectivity index (χ4v) is 3.42. The molecule has 1 aliphatic heterocycles. The largest absolute Gasteiger partial charge is 0.378 e. The molecule has 29 heavy (non-hydrogen) atoms. The van der Waals surface area contributed by atoms with Crippen LogP contribution in [0.5, 0.6) is 0 Å². The Hall–Kier alpha value is -3.19. The first-order chi connectivity index (χ1) is 14.1. The Morgan fingerprint density at radius 1 is 1.07 bits per heavy atom. The van der Waals surface area contributed by atoms with Gasteiger partial charge in [0.25, 0.3) is 5.91 Å². The lowest BCUT2D eigenvalue weighted by molar-refractivity contribution is -0.121. The molecular weight excluding hydrogens is 368 g/mol. The SMILES string of the molecule is Cc1ccc(CNC(=O)Cn2nc(C(=O)N3CCOCC3)c3ccccc32)cc1. The summed E-state index contributed by atoms with van der Waals surface area (Å²) in [6.07, 6.45) is 0. The lowest BCUT2D eigenvalue weighted by Gasteiger charge is -2.26. The third-order valence-electron chi connectivity index (χ3n) is 5.06. The number of hydrogen-bond donors (Lipinski definition) is 1. The predicted molar refractivity (Wildman–Crippen MR) is 109 cm³/mol. The van der Waals surface area contributed by atoms with Crippen LogP contribution in [0.15, 0.2) is 48.5 Å². The molecule has 7 heteroatoms. The quantitative estimate of drug-likeness (QED) is 0.722. The Morgan fingerprint density at radius 2 is 1.79 bits per heavy atom. The third kappa shape index (κ3) is 4.30. The number of morpholine rings is 1. The highest BCUT2D eigenvalue weighted by atomic mass is 16.5. The summed E-state index contributed by atoms with van der Waals surface area (Å²) < 4.78 is 6.93. The maximum atomic E-state index is 12.9. The molecule has 1 fully saturated rings. The normalized spacial score (nSPS) is 14.2. The Labute approximate surface area is 169 Å². The number of aryl methyl sites for hydroxylation is 1. The van der Waals surface area contributed by atoms with Gasteiger partial charge in [-0.2, -0.15) is 5.10 Å². The zero-order valence-electron chi connectivity index (χ0n) is 16.4. The van der Waals surface area contributed by atoms with Crippen molar-refractivity contribution in [3.63, 3.8) is 0 Å². The standard InChI is InChI=1S/C22H24N4O3/c1-16-6-8-17(9-7-16)14-23-20(27)15-26-19-5-3-2-4-18(19)21(24-26)22(28)25-10-12-29-13-11-25/h2-9H,10-15H2,1H3,(H,23,27). The van der Waals surface area contributed by atoms with Crippen molar-refractivity contribution < 1.29 is 14.3 Å². The van der Waals surface area contributed by atoms with Crippen LogP contribution in [0.25, 0.3) is 10.9 Å². The van der Waals surface area contributed by atoms with Crippen LogP contribution in [-0.2, 0) is 22.6 Å². The number of carbonyl (C=O) groups is 2. The maximum Gasteiger partial charge on any atom is 0.275 e. The van der Waals surface area contributed by atoms with Crippen molar-refractivity contribution in [1.82, 2.24) is 20.0 Å². The number of para-hydroxylation sites is 1. The van der Waals surface area contributed by atoms with Gasteiger partial charge in [-0.3, -0.25) is 14.3 Å². The van der Waals surface area contributed by atoms with Gasteiger partial charge < -0.3 is 15.0 Å². The van der Waals surface area contributed by atoms with E-state index in [1.165, 1.54) is 5.56 Å². The van der Waals surface area contributed by atoms with Crippen molar-refractivity contribution in [3.8, 4) is 0 Å². The van der Waals surface area contributed by atoms with Crippen LogP contribution in [0.1, 0.15) is 21.6 Å². The van der Waals surface area contributed by atoms with E-state index < -0.39 is 0 Å². The van der Waals surface area contributed by atoms with E-state index in [0.717, 1.165) is 16.5 Å². The van der Waals surface area contributed by atoms with E-state index in [1.54, 1.807) is 9.58 Å². The monoisotopic (exact) mass is 392 g/mol. The summed E-state index contributed by atoms with van der Waals surface area (Å²) in [5.74, 6) is -0.271. The second-order valence-corrected chi connectivity index (χ2v) is 7.19. The van der Waals surface area contributed by atoms with Crippen molar-refractivity contribution in [3.05, 3.63) is 65.4 Å². The van der Waals surface area contributed by atoms with E-state index in [0.29, 0.717) is 38.5 Å². The molecule has 2 heterocycles.